The van der Waals surface area contributed by atoms with E-state index < -0.39 is 0 Å². The van der Waals surface area contributed by atoms with Crippen molar-refractivity contribution >= 4 is 11.5 Å². The summed E-state index contributed by atoms with van der Waals surface area (Å²) in [6, 6.07) is 25.8. The Labute approximate surface area is 118 Å². The summed E-state index contributed by atoms with van der Waals surface area (Å²) in [4.78, 5) is 8.83. The lowest BCUT2D eigenvalue weighted by atomic mass is 10.0. The van der Waals surface area contributed by atoms with E-state index in [1.807, 2.05) is 48.5 Å². The molecule has 2 aromatic carbocycles. The van der Waals surface area contributed by atoms with E-state index in [-0.39, 0.29) is 0 Å². The van der Waals surface area contributed by atoms with Crippen molar-refractivity contribution < 1.29 is 0 Å². The molecular formula is C18H13N2. The molecule has 20 heavy (non-hydrogen) atoms. The molecule has 0 fully saturated rings. The molecule has 1 heterocycles. The smallest absolute Gasteiger partial charge is 0.153 e. The van der Waals surface area contributed by atoms with Crippen molar-refractivity contribution in [1.29, 1.82) is 0 Å². The molecule has 0 N–H and O–H groups in total. The molecule has 3 rings (SSSR count). The molecule has 0 spiro atoms. The highest BCUT2D eigenvalue weighted by Crippen LogP contribution is 2.15. The minimum absolute atomic E-state index is 0.662. The van der Waals surface area contributed by atoms with Crippen LogP contribution < -0.4 is 0 Å². The monoisotopic (exact) mass is 257 g/mol. The summed E-state index contributed by atoms with van der Waals surface area (Å²) >= 11 is 0. The van der Waals surface area contributed by atoms with Gasteiger partial charge in [-0.25, -0.2) is 9.98 Å². The van der Waals surface area contributed by atoms with Crippen molar-refractivity contribution in [3.8, 4) is 0 Å². The minimum Gasteiger partial charge on any atom is -0.228 e. The predicted molar refractivity (Wildman–Crippen MR) is 81.3 cm³/mol. The van der Waals surface area contributed by atoms with E-state index in [0.717, 1.165) is 16.8 Å². The van der Waals surface area contributed by atoms with Crippen molar-refractivity contribution in [2.45, 2.75) is 0 Å². The first kappa shape index (κ1) is 12.3. The molecule has 0 saturated carbocycles. The third kappa shape index (κ3) is 2.81. The summed E-state index contributed by atoms with van der Waals surface area (Å²) in [5, 5.41) is 0. The molecule has 1 radical (unpaired) electrons. The van der Waals surface area contributed by atoms with Crippen LogP contribution in [0.2, 0.25) is 0 Å². The van der Waals surface area contributed by atoms with Crippen molar-refractivity contribution in [3.05, 3.63) is 96.2 Å². The first-order valence-electron chi connectivity index (χ1n) is 6.46. The molecule has 0 unspecified atom stereocenters. The van der Waals surface area contributed by atoms with E-state index in [4.69, 9.17) is 0 Å². The second-order valence-corrected chi connectivity index (χ2v) is 4.32. The van der Waals surface area contributed by atoms with Crippen LogP contribution in [0.1, 0.15) is 11.1 Å². The van der Waals surface area contributed by atoms with Gasteiger partial charge in [0.2, 0.25) is 0 Å². The summed E-state index contributed by atoms with van der Waals surface area (Å²) < 4.78 is 0. The van der Waals surface area contributed by atoms with Gasteiger partial charge in [0.1, 0.15) is 0 Å². The molecule has 0 amide bonds. The van der Waals surface area contributed by atoms with Crippen LogP contribution in [-0.2, 0) is 0 Å². The number of aliphatic imine (C=N–C) groups is 1. The highest BCUT2D eigenvalue weighted by Gasteiger charge is 2.06. The molecular weight excluding hydrogens is 244 g/mol. The average molecular weight is 257 g/mol. The van der Waals surface area contributed by atoms with Gasteiger partial charge in [0, 0.05) is 11.1 Å². The lowest BCUT2D eigenvalue weighted by Crippen LogP contribution is -2.02. The van der Waals surface area contributed by atoms with Crippen molar-refractivity contribution in [2.75, 3.05) is 0 Å². The van der Waals surface area contributed by atoms with Crippen LogP contribution in [0.4, 0.5) is 5.82 Å². The Hall–Kier alpha value is -2.74. The maximum atomic E-state index is 4.67. The van der Waals surface area contributed by atoms with Crippen LogP contribution in [0.15, 0.2) is 83.9 Å². The summed E-state index contributed by atoms with van der Waals surface area (Å²) in [6.45, 7) is 0. The summed E-state index contributed by atoms with van der Waals surface area (Å²) in [5.41, 5.74) is 3.06. The van der Waals surface area contributed by atoms with Crippen molar-refractivity contribution in [2.24, 2.45) is 4.99 Å². The number of nitrogens with zero attached hydrogens (tertiary/aromatic N) is 2. The highest BCUT2D eigenvalue weighted by atomic mass is 14.9. The fraction of sp³-hybridized carbons (Fsp3) is 0. The molecule has 0 aliphatic carbocycles. The van der Waals surface area contributed by atoms with Gasteiger partial charge in [-0.1, -0.05) is 66.7 Å². The molecule has 0 aliphatic heterocycles. The summed E-state index contributed by atoms with van der Waals surface area (Å²) in [5.74, 6) is 0.662. The maximum absolute atomic E-state index is 4.67. The Kier molecular flexibility index (Phi) is 3.65. The van der Waals surface area contributed by atoms with Gasteiger partial charge in [-0.15, -0.1) is 0 Å². The first-order valence-corrected chi connectivity index (χ1v) is 6.46. The number of pyridine rings is 1. The second-order valence-electron chi connectivity index (χ2n) is 4.32. The van der Waals surface area contributed by atoms with Crippen LogP contribution in [0, 0.1) is 6.20 Å². The van der Waals surface area contributed by atoms with Gasteiger partial charge in [0.05, 0.1) is 11.9 Å². The Bertz CT molecular complexity index is 648. The molecule has 0 atom stereocenters. The number of hydrogen-bond donors (Lipinski definition) is 0. The fourth-order valence-corrected chi connectivity index (χ4v) is 1.98. The van der Waals surface area contributed by atoms with Crippen molar-refractivity contribution in [1.82, 2.24) is 4.98 Å². The zero-order chi connectivity index (χ0) is 13.6. The zero-order valence-electron chi connectivity index (χ0n) is 10.9. The Morgan fingerprint density at radius 3 is 1.85 bits per heavy atom. The van der Waals surface area contributed by atoms with E-state index >= 15 is 0 Å². The van der Waals surface area contributed by atoms with Gasteiger partial charge in [-0.3, -0.25) is 0 Å². The van der Waals surface area contributed by atoms with E-state index in [1.54, 1.807) is 6.07 Å². The van der Waals surface area contributed by atoms with Crippen LogP contribution in [0.25, 0.3) is 0 Å². The molecule has 0 saturated heterocycles. The number of benzene rings is 2. The quantitative estimate of drug-likeness (QED) is 0.650. The highest BCUT2D eigenvalue weighted by molar-refractivity contribution is 6.13. The second kappa shape index (κ2) is 5.93. The van der Waals surface area contributed by atoms with Gasteiger partial charge in [-0.05, 0) is 12.1 Å². The number of aromatic nitrogens is 1. The molecule has 95 valence electrons. The molecule has 0 aliphatic rings. The average Bonchev–Trinajstić information content (AvgIpc) is 2.55. The standard InChI is InChI=1S/C18H13N2/c1-3-9-15(10-4-1)18(16-11-5-2-6-12-16)20-17-13-7-8-14-19-17/h1-13H. The van der Waals surface area contributed by atoms with Gasteiger partial charge >= 0.3 is 0 Å². The molecule has 2 heteroatoms. The fourth-order valence-electron chi connectivity index (χ4n) is 1.98. The number of hydrogen-bond acceptors (Lipinski definition) is 2. The molecule has 1 aromatic heterocycles. The van der Waals surface area contributed by atoms with E-state index in [1.165, 1.54) is 0 Å². The predicted octanol–water partition coefficient (Wildman–Crippen LogP) is 4.05. The number of rotatable bonds is 3. The molecule has 3 aromatic rings. The van der Waals surface area contributed by atoms with E-state index in [0.29, 0.717) is 5.82 Å². The Morgan fingerprint density at radius 2 is 1.35 bits per heavy atom. The minimum atomic E-state index is 0.662. The van der Waals surface area contributed by atoms with E-state index in [9.17, 15) is 0 Å². The largest absolute Gasteiger partial charge is 0.228 e. The van der Waals surface area contributed by atoms with Gasteiger partial charge in [0.15, 0.2) is 5.82 Å². The summed E-state index contributed by atoms with van der Waals surface area (Å²) in [7, 11) is 0. The third-order valence-corrected chi connectivity index (χ3v) is 2.92. The van der Waals surface area contributed by atoms with Gasteiger partial charge < -0.3 is 0 Å². The van der Waals surface area contributed by atoms with Crippen LogP contribution in [0.5, 0.6) is 0 Å². The topological polar surface area (TPSA) is 25.2 Å². The SMILES string of the molecule is [c]1cccc(N=C(c2ccccc2)c2ccccc2)n1. The van der Waals surface area contributed by atoms with Gasteiger partial charge in [0.25, 0.3) is 0 Å². The Balaban J connectivity index is 2.12. The normalized spacial score (nSPS) is 10.0. The third-order valence-electron chi connectivity index (χ3n) is 2.92. The van der Waals surface area contributed by atoms with Crippen molar-refractivity contribution in [3.63, 3.8) is 0 Å². The maximum Gasteiger partial charge on any atom is 0.153 e. The lowest BCUT2D eigenvalue weighted by Gasteiger charge is -2.07. The van der Waals surface area contributed by atoms with Crippen LogP contribution in [0.3, 0.4) is 0 Å². The van der Waals surface area contributed by atoms with Crippen LogP contribution >= 0.6 is 0 Å². The molecule has 0 bridgehead atoms. The van der Waals surface area contributed by atoms with Crippen LogP contribution in [-0.4, -0.2) is 10.7 Å². The van der Waals surface area contributed by atoms with E-state index in [2.05, 4.69) is 40.4 Å². The molecule has 2 nitrogen and oxygen atoms in total. The Morgan fingerprint density at radius 1 is 0.750 bits per heavy atom. The zero-order valence-corrected chi connectivity index (χ0v) is 10.9. The lowest BCUT2D eigenvalue weighted by molar-refractivity contribution is 1.26. The first-order chi connectivity index (χ1) is 9.93. The summed E-state index contributed by atoms with van der Waals surface area (Å²) in [6.07, 6.45) is 2.81. The van der Waals surface area contributed by atoms with Gasteiger partial charge in [-0.2, -0.15) is 0 Å².